The van der Waals surface area contributed by atoms with Crippen LogP contribution in [-0.2, 0) is 4.79 Å². The Morgan fingerprint density at radius 2 is 2.40 bits per heavy atom. The fraction of sp³-hybridized carbons (Fsp3) is 0.273. The van der Waals surface area contributed by atoms with Gasteiger partial charge in [0.25, 0.3) is 0 Å². The minimum atomic E-state index is 0.117. The highest BCUT2D eigenvalue weighted by Crippen LogP contribution is 2.30. The zero-order chi connectivity index (χ0) is 10.3. The topological polar surface area (TPSA) is 57.8 Å². The average Bonchev–Trinajstić information content (AvgIpc) is 2.98. The van der Waals surface area contributed by atoms with Crippen LogP contribution in [0.3, 0.4) is 0 Å². The van der Waals surface area contributed by atoms with Crippen molar-refractivity contribution >= 4 is 22.6 Å². The second-order valence-electron chi connectivity index (χ2n) is 3.90. The van der Waals surface area contributed by atoms with Gasteiger partial charge in [0, 0.05) is 17.5 Å². The summed E-state index contributed by atoms with van der Waals surface area (Å²) in [7, 11) is 0. The number of rotatable bonds is 2. The van der Waals surface area contributed by atoms with Crippen LogP contribution in [0.2, 0.25) is 0 Å². The summed E-state index contributed by atoms with van der Waals surface area (Å²) in [4.78, 5) is 18.7. The first kappa shape index (κ1) is 8.47. The summed E-state index contributed by atoms with van der Waals surface area (Å²) in [5.41, 5.74) is 1.62. The molecule has 1 aliphatic rings. The molecule has 4 nitrogen and oxygen atoms in total. The zero-order valence-corrected chi connectivity index (χ0v) is 8.16. The Labute approximate surface area is 86.7 Å². The van der Waals surface area contributed by atoms with Gasteiger partial charge in [0.1, 0.15) is 5.65 Å². The summed E-state index contributed by atoms with van der Waals surface area (Å²) in [6, 6.07) is 3.87. The summed E-state index contributed by atoms with van der Waals surface area (Å²) in [6.45, 7) is 0. The number of H-pyrrole nitrogens is 1. The normalized spacial score (nSPS) is 15.5. The standard InChI is InChI=1S/C11H11N3O/c15-11(7-1-2-7)14-9-5-8-3-4-12-10(8)13-6-9/h3-7H,1-2H2,(H,12,13)(H,14,15). The molecule has 0 atom stereocenters. The Balaban J connectivity index is 1.86. The second kappa shape index (κ2) is 3.08. The van der Waals surface area contributed by atoms with Crippen molar-refractivity contribution in [1.29, 1.82) is 0 Å². The van der Waals surface area contributed by atoms with E-state index in [4.69, 9.17) is 0 Å². The van der Waals surface area contributed by atoms with Gasteiger partial charge in [0.05, 0.1) is 11.9 Å². The van der Waals surface area contributed by atoms with Crippen LogP contribution in [0.1, 0.15) is 12.8 Å². The molecule has 0 spiro atoms. The number of anilines is 1. The number of aromatic nitrogens is 2. The molecular formula is C11H11N3O. The Hall–Kier alpha value is -1.84. The van der Waals surface area contributed by atoms with Crippen molar-refractivity contribution in [2.24, 2.45) is 5.92 Å². The lowest BCUT2D eigenvalue weighted by Gasteiger charge is -2.02. The molecule has 4 heteroatoms. The third kappa shape index (κ3) is 1.58. The predicted molar refractivity (Wildman–Crippen MR) is 57.4 cm³/mol. The van der Waals surface area contributed by atoms with Crippen molar-refractivity contribution < 1.29 is 4.79 Å². The molecule has 0 radical (unpaired) electrons. The van der Waals surface area contributed by atoms with Crippen LogP contribution >= 0.6 is 0 Å². The monoisotopic (exact) mass is 201 g/mol. The largest absolute Gasteiger partial charge is 0.346 e. The maximum Gasteiger partial charge on any atom is 0.227 e. The quantitative estimate of drug-likeness (QED) is 0.779. The van der Waals surface area contributed by atoms with Crippen LogP contribution in [0.15, 0.2) is 24.5 Å². The molecule has 0 bridgehead atoms. The third-order valence-corrected chi connectivity index (χ3v) is 2.62. The molecule has 76 valence electrons. The van der Waals surface area contributed by atoms with E-state index in [1.54, 1.807) is 6.20 Å². The summed E-state index contributed by atoms with van der Waals surface area (Å²) in [5, 5.41) is 3.89. The van der Waals surface area contributed by atoms with E-state index in [0.717, 1.165) is 29.6 Å². The van der Waals surface area contributed by atoms with E-state index in [1.807, 2.05) is 18.3 Å². The van der Waals surface area contributed by atoms with Gasteiger partial charge in [0.2, 0.25) is 5.91 Å². The van der Waals surface area contributed by atoms with Gasteiger partial charge >= 0.3 is 0 Å². The van der Waals surface area contributed by atoms with Crippen LogP contribution in [0.4, 0.5) is 5.69 Å². The Bertz CT molecular complexity index is 513. The number of nitrogens with one attached hydrogen (secondary N) is 2. The number of amides is 1. The van der Waals surface area contributed by atoms with Gasteiger partial charge in [-0.1, -0.05) is 0 Å². The average molecular weight is 201 g/mol. The van der Waals surface area contributed by atoms with Crippen molar-refractivity contribution in [2.45, 2.75) is 12.8 Å². The summed E-state index contributed by atoms with van der Waals surface area (Å²) < 4.78 is 0. The number of carbonyl (C=O) groups excluding carboxylic acids is 1. The van der Waals surface area contributed by atoms with Gasteiger partial charge < -0.3 is 10.3 Å². The molecule has 0 aromatic carbocycles. The molecule has 1 aliphatic carbocycles. The fourth-order valence-electron chi connectivity index (χ4n) is 1.60. The van der Waals surface area contributed by atoms with Crippen molar-refractivity contribution in [3.8, 4) is 0 Å². The van der Waals surface area contributed by atoms with Crippen molar-refractivity contribution in [3.05, 3.63) is 24.5 Å². The molecule has 2 heterocycles. The number of pyridine rings is 1. The highest BCUT2D eigenvalue weighted by atomic mass is 16.2. The number of hydrogen-bond donors (Lipinski definition) is 2. The zero-order valence-electron chi connectivity index (χ0n) is 8.16. The van der Waals surface area contributed by atoms with Crippen LogP contribution in [0, 0.1) is 5.92 Å². The molecular weight excluding hydrogens is 190 g/mol. The molecule has 0 saturated heterocycles. The van der Waals surface area contributed by atoms with Gasteiger partial charge in [-0.05, 0) is 25.0 Å². The highest BCUT2D eigenvalue weighted by molar-refractivity contribution is 5.95. The van der Waals surface area contributed by atoms with Crippen LogP contribution in [-0.4, -0.2) is 15.9 Å². The van der Waals surface area contributed by atoms with E-state index >= 15 is 0 Å². The molecule has 0 unspecified atom stereocenters. The van der Waals surface area contributed by atoms with Crippen molar-refractivity contribution in [1.82, 2.24) is 9.97 Å². The number of carbonyl (C=O) groups is 1. The molecule has 1 amide bonds. The van der Waals surface area contributed by atoms with Gasteiger partial charge in [-0.15, -0.1) is 0 Å². The Morgan fingerprint density at radius 1 is 1.53 bits per heavy atom. The molecule has 15 heavy (non-hydrogen) atoms. The summed E-state index contributed by atoms with van der Waals surface area (Å²) in [5.74, 6) is 0.346. The maximum absolute atomic E-state index is 11.5. The van der Waals surface area contributed by atoms with Gasteiger partial charge in [-0.25, -0.2) is 4.98 Å². The van der Waals surface area contributed by atoms with Gasteiger partial charge in [-0.3, -0.25) is 4.79 Å². The number of fused-ring (bicyclic) bond motifs is 1. The van der Waals surface area contributed by atoms with Crippen molar-refractivity contribution in [2.75, 3.05) is 5.32 Å². The second-order valence-corrected chi connectivity index (χ2v) is 3.90. The number of hydrogen-bond acceptors (Lipinski definition) is 2. The smallest absolute Gasteiger partial charge is 0.227 e. The van der Waals surface area contributed by atoms with E-state index in [2.05, 4.69) is 15.3 Å². The molecule has 2 aromatic heterocycles. The van der Waals surface area contributed by atoms with E-state index in [0.29, 0.717) is 0 Å². The molecule has 1 fully saturated rings. The molecule has 1 saturated carbocycles. The lowest BCUT2D eigenvalue weighted by Crippen LogP contribution is -2.13. The lowest BCUT2D eigenvalue weighted by atomic mass is 10.3. The van der Waals surface area contributed by atoms with Crippen LogP contribution in [0.5, 0.6) is 0 Å². The molecule has 2 aromatic rings. The molecule has 0 aliphatic heterocycles. The minimum absolute atomic E-state index is 0.117. The van der Waals surface area contributed by atoms with E-state index in [1.165, 1.54) is 0 Å². The lowest BCUT2D eigenvalue weighted by molar-refractivity contribution is -0.117. The van der Waals surface area contributed by atoms with E-state index in [9.17, 15) is 4.79 Å². The third-order valence-electron chi connectivity index (χ3n) is 2.62. The van der Waals surface area contributed by atoms with Crippen LogP contribution < -0.4 is 5.32 Å². The van der Waals surface area contributed by atoms with Gasteiger partial charge in [-0.2, -0.15) is 0 Å². The Morgan fingerprint density at radius 3 is 3.20 bits per heavy atom. The Kier molecular flexibility index (Phi) is 1.74. The van der Waals surface area contributed by atoms with Crippen molar-refractivity contribution in [3.63, 3.8) is 0 Å². The van der Waals surface area contributed by atoms with E-state index < -0.39 is 0 Å². The predicted octanol–water partition coefficient (Wildman–Crippen LogP) is 1.91. The first-order chi connectivity index (χ1) is 7.33. The maximum atomic E-state index is 11.5. The fourth-order valence-corrected chi connectivity index (χ4v) is 1.60. The molecule has 2 N–H and O–H groups in total. The SMILES string of the molecule is O=C(Nc1cnc2[nH]ccc2c1)C1CC1. The van der Waals surface area contributed by atoms with E-state index in [-0.39, 0.29) is 11.8 Å². The minimum Gasteiger partial charge on any atom is -0.346 e. The molecule has 3 rings (SSSR count). The number of aromatic amines is 1. The first-order valence-electron chi connectivity index (χ1n) is 5.07. The van der Waals surface area contributed by atoms with Crippen LogP contribution in [0.25, 0.3) is 11.0 Å². The summed E-state index contributed by atoms with van der Waals surface area (Å²) >= 11 is 0. The summed E-state index contributed by atoms with van der Waals surface area (Å²) in [6.07, 6.45) is 5.56. The first-order valence-corrected chi connectivity index (χ1v) is 5.07. The highest BCUT2D eigenvalue weighted by Gasteiger charge is 2.29. The van der Waals surface area contributed by atoms with Gasteiger partial charge in [0.15, 0.2) is 0 Å². The number of nitrogens with zero attached hydrogens (tertiary/aromatic N) is 1.